The topological polar surface area (TPSA) is 52.6 Å². The minimum atomic E-state index is -1.24. The van der Waals surface area contributed by atoms with Crippen LogP contribution in [-0.2, 0) is 26.3 Å². The number of fused-ring (bicyclic) bond motifs is 3. The summed E-state index contributed by atoms with van der Waals surface area (Å²) >= 11 is 0. The van der Waals surface area contributed by atoms with Crippen molar-refractivity contribution in [3.8, 4) is 5.75 Å². The smallest absolute Gasteiger partial charge is 0.335 e. The molecule has 0 fully saturated rings. The van der Waals surface area contributed by atoms with Crippen molar-refractivity contribution in [2.24, 2.45) is 0 Å². The van der Waals surface area contributed by atoms with Gasteiger partial charge in [-0.05, 0) is 34.4 Å². The maximum atomic E-state index is 13.7. The number of hydrogen-bond donors (Lipinski definition) is 0. The molecule has 1 aliphatic carbocycles. The van der Waals surface area contributed by atoms with Crippen LogP contribution in [0, 0.1) is 0 Å². The second-order valence-electron chi connectivity index (χ2n) is 8.73. The fourth-order valence-corrected chi connectivity index (χ4v) is 5.48. The van der Waals surface area contributed by atoms with E-state index < -0.39 is 17.4 Å². The molecule has 0 aromatic heterocycles. The number of carbonyl (C=O) groups excluding carboxylic acids is 2. The van der Waals surface area contributed by atoms with Gasteiger partial charge in [0, 0.05) is 11.5 Å². The van der Waals surface area contributed by atoms with Crippen molar-refractivity contribution in [1.82, 2.24) is 0 Å². The van der Waals surface area contributed by atoms with Crippen LogP contribution in [0.3, 0.4) is 0 Å². The van der Waals surface area contributed by atoms with Crippen molar-refractivity contribution in [3.05, 3.63) is 125 Å². The van der Waals surface area contributed by atoms with E-state index in [1.54, 1.807) is 6.07 Å². The first-order valence-electron chi connectivity index (χ1n) is 11.4. The highest BCUT2D eigenvalue weighted by Gasteiger charge is 2.61. The van der Waals surface area contributed by atoms with E-state index in [1.807, 2.05) is 72.8 Å². The van der Waals surface area contributed by atoms with Crippen LogP contribution >= 0.6 is 0 Å². The van der Waals surface area contributed by atoms with E-state index in [0.29, 0.717) is 17.7 Å². The Balaban J connectivity index is 1.47. The fraction of sp³-hybridized carbons (Fsp3) is 0.133. The molecule has 0 saturated carbocycles. The van der Waals surface area contributed by atoms with Crippen molar-refractivity contribution in [2.75, 3.05) is 0 Å². The van der Waals surface area contributed by atoms with Gasteiger partial charge < -0.3 is 9.47 Å². The molecule has 0 saturated heterocycles. The molecule has 1 heterocycles. The lowest BCUT2D eigenvalue weighted by atomic mass is 9.66. The molecule has 2 atom stereocenters. The van der Waals surface area contributed by atoms with E-state index >= 15 is 0 Å². The Hall–Kier alpha value is -4.18. The molecule has 2 aliphatic rings. The van der Waals surface area contributed by atoms with Crippen LogP contribution in [-0.4, -0.2) is 11.9 Å². The first kappa shape index (κ1) is 20.4. The largest absolute Gasteiger partial charge is 0.457 e. The van der Waals surface area contributed by atoms with Gasteiger partial charge >= 0.3 is 11.9 Å². The third kappa shape index (κ3) is 2.99. The third-order valence-electron chi connectivity index (χ3n) is 6.97. The summed E-state index contributed by atoms with van der Waals surface area (Å²) in [7, 11) is 0. The molecular formula is C30H22O4. The number of para-hydroxylation sites is 1. The van der Waals surface area contributed by atoms with E-state index in [4.69, 9.17) is 9.47 Å². The van der Waals surface area contributed by atoms with Gasteiger partial charge in [-0.2, -0.15) is 0 Å². The van der Waals surface area contributed by atoms with Gasteiger partial charge in [-0.3, -0.25) is 4.79 Å². The molecule has 4 aromatic carbocycles. The zero-order chi connectivity index (χ0) is 23.1. The van der Waals surface area contributed by atoms with Crippen LogP contribution in [0.5, 0.6) is 5.75 Å². The predicted octanol–water partition coefficient (Wildman–Crippen LogP) is 5.85. The van der Waals surface area contributed by atoms with Crippen molar-refractivity contribution < 1.29 is 19.1 Å². The van der Waals surface area contributed by atoms with Crippen LogP contribution in [0.25, 0.3) is 10.8 Å². The molecule has 4 nitrogen and oxygen atoms in total. The molecular weight excluding hydrogens is 424 g/mol. The first-order chi connectivity index (χ1) is 16.7. The van der Waals surface area contributed by atoms with Crippen LogP contribution in [0.4, 0.5) is 0 Å². The second-order valence-corrected chi connectivity index (χ2v) is 8.73. The maximum absolute atomic E-state index is 13.7. The summed E-state index contributed by atoms with van der Waals surface area (Å²) in [6, 6.07) is 31.2. The van der Waals surface area contributed by atoms with Crippen molar-refractivity contribution in [1.29, 1.82) is 0 Å². The summed E-state index contributed by atoms with van der Waals surface area (Å²) < 4.78 is 11.5. The molecule has 1 spiro atoms. The fourth-order valence-electron chi connectivity index (χ4n) is 5.48. The Morgan fingerprint density at radius 2 is 1.62 bits per heavy atom. The van der Waals surface area contributed by atoms with E-state index in [0.717, 1.165) is 27.5 Å². The van der Waals surface area contributed by atoms with Gasteiger partial charge in [-0.25, -0.2) is 4.79 Å². The highest BCUT2D eigenvalue weighted by atomic mass is 16.5. The second kappa shape index (κ2) is 7.99. The van der Waals surface area contributed by atoms with Gasteiger partial charge in [0.05, 0.1) is 5.57 Å². The number of esters is 2. The quantitative estimate of drug-likeness (QED) is 0.291. The van der Waals surface area contributed by atoms with Gasteiger partial charge in [0.25, 0.3) is 0 Å². The Kier molecular flexibility index (Phi) is 4.80. The number of ether oxygens (including phenoxy) is 2. The Bertz CT molecular complexity index is 1450. The Morgan fingerprint density at radius 1 is 0.882 bits per heavy atom. The third-order valence-corrected chi connectivity index (χ3v) is 6.97. The van der Waals surface area contributed by atoms with E-state index in [2.05, 4.69) is 24.3 Å². The SMILES string of the molecule is O=C(OCc1ccccc1)C1=CC[C@@H](c2cccc3ccccc23)[C@]12C(=O)Oc1ccccc12. The van der Waals surface area contributed by atoms with Crippen LogP contribution in [0.15, 0.2) is 109 Å². The predicted molar refractivity (Wildman–Crippen MR) is 129 cm³/mol. The molecule has 0 bridgehead atoms. The summed E-state index contributed by atoms with van der Waals surface area (Å²) in [5.41, 5.74) is 1.75. The number of allylic oxidation sites excluding steroid dienone is 1. The van der Waals surface area contributed by atoms with E-state index in [9.17, 15) is 9.59 Å². The normalized spacial score (nSPS) is 20.8. The molecule has 1 aliphatic heterocycles. The summed E-state index contributed by atoms with van der Waals surface area (Å²) in [6.45, 7) is 0.142. The zero-order valence-corrected chi connectivity index (χ0v) is 18.4. The molecule has 4 aromatic rings. The van der Waals surface area contributed by atoms with Gasteiger partial charge in [0.1, 0.15) is 17.8 Å². The maximum Gasteiger partial charge on any atom is 0.335 e. The van der Waals surface area contributed by atoms with Gasteiger partial charge in [-0.1, -0.05) is 97.1 Å². The average molecular weight is 447 g/mol. The summed E-state index contributed by atoms with van der Waals surface area (Å²) in [4.78, 5) is 27.2. The molecule has 166 valence electrons. The van der Waals surface area contributed by atoms with E-state index in [-0.39, 0.29) is 12.5 Å². The number of benzene rings is 4. The van der Waals surface area contributed by atoms with Crippen molar-refractivity contribution in [3.63, 3.8) is 0 Å². The molecule has 0 N–H and O–H groups in total. The number of hydrogen-bond acceptors (Lipinski definition) is 4. The molecule has 34 heavy (non-hydrogen) atoms. The van der Waals surface area contributed by atoms with Crippen molar-refractivity contribution >= 4 is 22.7 Å². The van der Waals surface area contributed by atoms with Gasteiger partial charge in [0.15, 0.2) is 0 Å². The lowest BCUT2D eigenvalue weighted by molar-refractivity contribution is -0.145. The van der Waals surface area contributed by atoms with Gasteiger partial charge in [0.2, 0.25) is 0 Å². The molecule has 0 radical (unpaired) electrons. The molecule has 6 rings (SSSR count). The minimum absolute atomic E-state index is 0.142. The molecule has 0 amide bonds. The van der Waals surface area contributed by atoms with E-state index in [1.165, 1.54) is 0 Å². The van der Waals surface area contributed by atoms with Crippen LogP contribution < -0.4 is 4.74 Å². The lowest BCUT2D eigenvalue weighted by Gasteiger charge is -2.31. The number of rotatable bonds is 4. The monoisotopic (exact) mass is 446 g/mol. The highest BCUT2D eigenvalue weighted by Crippen LogP contribution is 2.58. The zero-order valence-electron chi connectivity index (χ0n) is 18.4. The first-order valence-corrected chi connectivity index (χ1v) is 11.4. The summed E-state index contributed by atoms with van der Waals surface area (Å²) in [5.74, 6) is -0.692. The Morgan fingerprint density at radius 3 is 2.50 bits per heavy atom. The average Bonchev–Trinajstić information content (AvgIpc) is 3.42. The summed E-state index contributed by atoms with van der Waals surface area (Å²) in [6.07, 6.45) is 2.40. The number of carbonyl (C=O) groups is 2. The highest BCUT2D eigenvalue weighted by molar-refractivity contribution is 6.07. The minimum Gasteiger partial charge on any atom is -0.457 e. The lowest BCUT2D eigenvalue weighted by Crippen LogP contribution is -2.41. The van der Waals surface area contributed by atoms with Gasteiger partial charge in [-0.15, -0.1) is 0 Å². The molecule has 0 unspecified atom stereocenters. The van der Waals surface area contributed by atoms with Crippen LogP contribution in [0.2, 0.25) is 0 Å². The van der Waals surface area contributed by atoms with Crippen molar-refractivity contribution in [2.45, 2.75) is 24.4 Å². The Labute approximate surface area is 197 Å². The standard InChI is InChI=1S/C30H22O4/c31-28(33-19-20-9-2-1-3-10-20)26-18-17-24(23-14-8-12-21-11-4-5-13-22(21)23)30(26)25-15-6-7-16-27(25)34-29(30)32/h1-16,18,24H,17,19H2/t24-,30+/m0/s1. The molecule has 4 heteroatoms. The van der Waals surface area contributed by atoms with Crippen LogP contribution in [0.1, 0.15) is 29.0 Å². The summed E-state index contributed by atoms with van der Waals surface area (Å²) in [5, 5.41) is 2.16.